The smallest absolute Gasteiger partial charge is 0.333 e. The predicted molar refractivity (Wildman–Crippen MR) is 79.4 cm³/mol. The molecule has 2 aromatic heterocycles. The Labute approximate surface area is 129 Å². The molecule has 0 fully saturated rings. The van der Waals surface area contributed by atoms with Crippen molar-refractivity contribution in [3.05, 3.63) is 30.5 Å². The number of alkyl halides is 3. The minimum atomic E-state index is -4.56. The number of hydrogen-bond acceptors (Lipinski definition) is 6. The number of rotatable bonds is 1. The number of aryl methyl sites for hydroxylation is 1. The van der Waals surface area contributed by atoms with E-state index in [1.54, 1.807) is 24.0 Å². The number of aromatic nitrogens is 3. The van der Waals surface area contributed by atoms with E-state index in [0.717, 1.165) is 6.20 Å². The van der Waals surface area contributed by atoms with Crippen LogP contribution in [-0.2, 0) is 7.05 Å². The number of nitrogens with one attached hydrogen (secondary N) is 2. The highest BCUT2D eigenvalue weighted by Crippen LogP contribution is 2.34. The molecule has 0 amide bonds. The third-order valence-corrected chi connectivity index (χ3v) is 3.44. The summed E-state index contributed by atoms with van der Waals surface area (Å²) in [5, 5.41) is 6.11. The monoisotopic (exact) mass is 325 g/mol. The Bertz CT molecular complexity index is 817. The van der Waals surface area contributed by atoms with Crippen LogP contribution in [0.5, 0.6) is 0 Å². The number of fused-ring (bicyclic) bond motifs is 1. The highest BCUT2D eigenvalue weighted by Gasteiger charge is 2.45. The van der Waals surface area contributed by atoms with Crippen molar-refractivity contribution >= 4 is 22.7 Å². The van der Waals surface area contributed by atoms with Crippen molar-refractivity contribution in [2.45, 2.75) is 18.8 Å². The molecule has 0 aliphatic carbocycles. The van der Waals surface area contributed by atoms with E-state index in [1.807, 2.05) is 0 Å². The maximum absolute atomic E-state index is 12.9. The lowest BCUT2D eigenvalue weighted by Gasteiger charge is -2.30. The molecule has 3 heterocycles. The van der Waals surface area contributed by atoms with Gasteiger partial charge in [-0.15, -0.1) is 0 Å². The zero-order chi connectivity index (χ0) is 16.8. The van der Waals surface area contributed by atoms with Gasteiger partial charge in [-0.1, -0.05) is 0 Å². The van der Waals surface area contributed by atoms with Crippen molar-refractivity contribution in [3.8, 4) is 0 Å². The zero-order valence-corrected chi connectivity index (χ0v) is 12.3. The van der Waals surface area contributed by atoms with Gasteiger partial charge in [0, 0.05) is 25.6 Å². The van der Waals surface area contributed by atoms with Gasteiger partial charge in [-0.3, -0.25) is 0 Å². The maximum Gasteiger partial charge on any atom is 0.417 e. The molecule has 122 valence electrons. The second kappa shape index (κ2) is 4.95. The summed E-state index contributed by atoms with van der Waals surface area (Å²) in [5.41, 5.74) is 4.14. The lowest BCUT2D eigenvalue weighted by molar-refractivity contribution is -0.100. The van der Waals surface area contributed by atoms with E-state index >= 15 is 0 Å². The second-order valence-electron chi connectivity index (χ2n) is 5.35. The number of hydrogen-bond donors (Lipinski definition) is 3. The van der Waals surface area contributed by atoms with Gasteiger partial charge in [-0.2, -0.15) is 13.2 Å². The third-order valence-electron chi connectivity index (χ3n) is 3.44. The van der Waals surface area contributed by atoms with Gasteiger partial charge >= 0.3 is 6.18 Å². The van der Waals surface area contributed by atoms with Crippen LogP contribution in [0, 0.1) is 0 Å². The Kier molecular flexibility index (Phi) is 3.29. The van der Waals surface area contributed by atoms with E-state index in [-0.39, 0.29) is 5.96 Å². The average Bonchev–Trinajstić information content (AvgIpc) is 2.73. The van der Waals surface area contributed by atoms with Gasteiger partial charge in [0.05, 0.1) is 16.6 Å². The quantitative estimate of drug-likeness (QED) is 0.738. The summed E-state index contributed by atoms with van der Waals surface area (Å²) in [4.78, 5) is 12.0. The van der Waals surface area contributed by atoms with Crippen LogP contribution in [0.15, 0.2) is 35.5 Å². The summed E-state index contributed by atoms with van der Waals surface area (Å²) in [7, 11) is 1.80. The molecule has 1 unspecified atom stereocenters. The van der Waals surface area contributed by atoms with Crippen LogP contribution < -0.4 is 16.4 Å². The molecule has 1 aliphatic rings. The molecule has 0 saturated heterocycles. The maximum atomic E-state index is 12.9. The fourth-order valence-corrected chi connectivity index (χ4v) is 2.39. The molecular weight excluding hydrogens is 311 g/mol. The number of halogens is 3. The predicted octanol–water partition coefficient (Wildman–Crippen LogP) is 1.46. The summed E-state index contributed by atoms with van der Waals surface area (Å²) < 4.78 is 40.5. The van der Waals surface area contributed by atoms with Crippen LogP contribution in [0.2, 0.25) is 0 Å². The summed E-state index contributed by atoms with van der Waals surface area (Å²) in [6, 6.07) is 0. The summed E-state index contributed by atoms with van der Waals surface area (Å²) in [6.07, 6.45) is 1.01. The molecule has 10 heteroatoms. The summed E-state index contributed by atoms with van der Waals surface area (Å²) in [6.45, 7) is 1.20. The van der Waals surface area contributed by atoms with Crippen molar-refractivity contribution in [1.29, 1.82) is 0 Å². The van der Waals surface area contributed by atoms with Crippen molar-refractivity contribution < 1.29 is 13.2 Å². The molecule has 0 radical (unpaired) electrons. The highest BCUT2D eigenvalue weighted by molar-refractivity contribution is 6.02. The average molecular weight is 325 g/mol. The molecule has 0 spiro atoms. The van der Waals surface area contributed by atoms with E-state index in [4.69, 9.17) is 5.73 Å². The first kappa shape index (κ1) is 15.3. The molecule has 3 rings (SSSR count). The first-order chi connectivity index (χ1) is 10.7. The molecule has 23 heavy (non-hydrogen) atoms. The molecule has 1 atom stereocenters. The SMILES string of the molecule is Cn1cc(NC2=NC(C)(N)C(C(F)(F)F)=CN2)c2cncnc21. The molecule has 1 aliphatic heterocycles. The van der Waals surface area contributed by atoms with Gasteiger partial charge < -0.3 is 20.9 Å². The molecule has 4 N–H and O–H groups in total. The number of anilines is 1. The first-order valence-corrected chi connectivity index (χ1v) is 6.63. The second-order valence-corrected chi connectivity index (χ2v) is 5.35. The molecule has 0 aromatic carbocycles. The van der Waals surface area contributed by atoms with Crippen LogP contribution in [0.4, 0.5) is 18.9 Å². The number of aliphatic imine (C=N–C) groups is 1. The van der Waals surface area contributed by atoms with Crippen LogP contribution in [0.25, 0.3) is 11.0 Å². The van der Waals surface area contributed by atoms with Gasteiger partial charge in [0.15, 0.2) is 0 Å². The van der Waals surface area contributed by atoms with E-state index in [2.05, 4.69) is 25.6 Å². The topological polar surface area (TPSA) is 93.2 Å². The molecule has 7 nitrogen and oxygen atoms in total. The fourth-order valence-electron chi connectivity index (χ4n) is 2.39. The minimum absolute atomic E-state index is 0.111. The van der Waals surface area contributed by atoms with Crippen molar-refractivity contribution in [2.24, 2.45) is 17.8 Å². The van der Waals surface area contributed by atoms with Gasteiger partial charge in [0.2, 0.25) is 5.96 Å². The normalized spacial score (nSPS) is 21.7. The van der Waals surface area contributed by atoms with Gasteiger partial charge in [-0.05, 0) is 6.92 Å². The van der Waals surface area contributed by atoms with Gasteiger partial charge in [-0.25, -0.2) is 15.0 Å². The van der Waals surface area contributed by atoms with E-state index in [1.165, 1.54) is 13.3 Å². The largest absolute Gasteiger partial charge is 0.417 e. The lowest BCUT2D eigenvalue weighted by atomic mass is 10.0. The molecule has 0 bridgehead atoms. The summed E-state index contributed by atoms with van der Waals surface area (Å²) >= 11 is 0. The Balaban J connectivity index is 1.91. The highest BCUT2D eigenvalue weighted by atomic mass is 19.4. The fraction of sp³-hybridized carbons (Fsp3) is 0.308. The standard InChI is InChI=1S/C13H14F3N7/c1-12(17)9(13(14,15)16)4-19-11(22-12)21-8-5-23(2)10-7(8)3-18-6-20-10/h3-6H,17H2,1-2H3,(H2,19,21,22). The minimum Gasteiger partial charge on any atom is -0.333 e. The van der Waals surface area contributed by atoms with Crippen LogP contribution >= 0.6 is 0 Å². The molecular formula is C13H14F3N7. The Morgan fingerprint density at radius 3 is 2.78 bits per heavy atom. The first-order valence-electron chi connectivity index (χ1n) is 6.63. The number of nitrogens with two attached hydrogens (primary N) is 1. The van der Waals surface area contributed by atoms with E-state index in [0.29, 0.717) is 16.7 Å². The van der Waals surface area contributed by atoms with Crippen molar-refractivity contribution in [1.82, 2.24) is 19.9 Å². The van der Waals surface area contributed by atoms with Crippen LogP contribution in [0.3, 0.4) is 0 Å². The van der Waals surface area contributed by atoms with Crippen molar-refractivity contribution in [2.75, 3.05) is 5.32 Å². The Morgan fingerprint density at radius 2 is 2.13 bits per heavy atom. The lowest BCUT2D eigenvalue weighted by Crippen LogP contribution is -2.49. The zero-order valence-electron chi connectivity index (χ0n) is 12.3. The number of nitrogens with zero attached hydrogens (tertiary/aromatic N) is 4. The summed E-state index contributed by atoms with van der Waals surface area (Å²) in [5.74, 6) is 0.111. The van der Waals surface area contributed by atoms with E-state index in [9.17, 15) is 13.2 Å². The Morgan fingerprint density at radius 1 is 1.39 bits per heavy atom. The van der Waals surface area contributed by atoms with Gasteiger partial charge in [0.25, 0.3) is 0 Å². The number of guanidine groups is 1. The van der Waals surface area contributed by atoms with Crippen molar-refractivity contribution in [3.63, 3.8) is 0 Å². The van der Waals surface area contributed by atoms with E-state index < -0.39 is 17.4 Å². The van der Waals surface area contributed by atoms with Gasteiger partial charge in [0.1, 0.15) is 17.6 Å². The third kappa shape index (κ3) is 2.72. The molecule has 2 aromatic rings. The van der Waals surface area contributed by atoms with Crippen LogP contribution in [-0.4, -0.2) is 32.3 Å². The molecule has 0 saturated carbocycles. The Hall–Kier alpha value is -2.62. The van der Waals surface area contributed by atoms with Crippen LogP contribution in [0.1, 0.15) is 6.92 Å².